The molecule has 1 aliphatic rings. The molecule has 0 aliphatic carbocycles. The van der Waals surface area contributed by atoms with Crippen LogP contribution in [0.5, 0.6) is 0 Å². The summed E-state index contributed by atoms with van der Waals surface area (Å²) >= 11 is 8.20. The second-order valence-corrected chi connectivity index (χ2v) is 6.38. The Balaban J connectivity index is 1.86. The molecule has 0 spiro atoms. The van der Waals surface area contributed by atoms with Gasteiger partial charge in [0.05, 0.1) is 18.1 Å². The quantitative estimate of drug-likeness (QED) is 0.811. The van der Waals surface area contributed by atoms with Gasteiger partial charge in [0, 0.05) is 18.8 Å². The van der Waals surface area contributed by atoms with E-state index in [0.29, 0.717) is 11.2 Å². The summed E-state index contributed by atoms with van der Waals surface area (Å²) in [7, 11) is 3.99. The molecule has 1 aliphatic heterocycles. The summed E-state index contributed by atoms with van der Waals surface area (Å²) in [6.07, 6.45) is 2.95. The van der Waals surface area contributed by atoms with Crippen molar-refractivity contribution in [1.82, 2.24) is 24.6 Å². The number of aromatic nitrogens is 4. The summed E-state index contributed by atoms with van der Waals surface area (Å²) in [5.74, 6) is 3.20. The van der Waals surface area contributed by atoms with Crippen molar-refractivity contribution in [3.8, 4) is 0 Å². The monoisotopic (exact) mass is 297 g/mol. The van der Waals surface area contributed by atoms with Crippen LogP contribution in [0.25, 0.3) is 11.0 Å². The van der Waals surface area contributed by atoms with Gasteiger partial charge in [-0.1, -0.05) is 11.6 Å². The van der Waals surface area contributed by atoms with E-state index >= 15 is 0 Å². The van der Waals surface area contributed by atoms with Crippen LogP contribution in [-0.4, -0.2) is 49.2 Å². The molecule has 0 saturated carbocycles. The lowest BCUT2D eigenvalue weighted by Gasteiger charge is -2.22. The Morgan fingerprint density at radius 1 is 1.53 bits per heavy atom. The van der Waals surface area contributed by atoms with Crippen molar-refractivity contribution in [2.75, 3.05) is 18.6 Å². The first kappa shape index (κ1) is 13.1. The molecule has 3 rings (SSSR count). The van der Waals surface area contributed by atoms with Crippen molar-refractivity contribution in [1.29, 1.82) is 0 Å². The number of hydrogen-bond donors (Lipinski definition) is 0. The smallest absolute Gasteiger partial charge is 0.162 e. The average molecular weight is 298 g/mol. The van der Waals surface area contributed by atoms with Crippen LogP contribution in [0, 0.1) is 0 Å². The van der Waals surface area contributed by atoms with Gasteiger partial charge in [0.1, 0.15) is 11.0 Å². The zero-order chi connectivity index (χ0) is 13.4. The third kappa shape index (κ3) is 2.57. The minimum absolute atomic E-state index is 0.488. The van der Waals surface area contributed by atoms with Crippen molar-refractivity contribution in [2.24, 2.45) is 7.05 Å². The highest BCUT2D eigenvalue weighted by molar-refractivity contribution is 7.99. The van der Waals surface area contributed by atoms with Crippen LogP contribution in [0.4, 0.5) is 0 Å². The Bertz CT molecular complexity index is 593. The summed E-state index contributed by atoms with van der Waals surface area (Å²) in [4.78, 5) is 11.3. The fraction of sp³-hybridized carbons (Fsp3) is 0.583. The van der Waals surface area contributed by atoms with E-state index in [1.807, 2.05) is 18.8 Å². The van der Waals surface area contributed by atoms with E-state index < -0.39 is 0 Å². The Hall–Kier alpha value is -0.850. The predicted octanol–water partition coefficient (Wildman–Crippen LogP) is 1.95. The fourth-order valence-corrected chi connectivity index (χ4v) is 3.85. The molecule has 19 heavy (non-hydrogen) atoms. The Labute approximate surface area is 121 Å². The summed E-state index contributed by atoms with van der Waals surface area (Å²) < 4.78 is 1.73. The number of nitrogens with zero attached hydrogens (tertiary/aromatic N) is 5. The van der Waals surface area contributed by atoms with E-state index in [4.69, 9.17) is 11.6 Å². The zero-order valence-corrected chi connectivity index (χ0v) is 12.6. The normalized spacial score (nSPS) is 19.7. The topological polar surface area (TPSA) is 46.8 Å². The first-order valence-electron chi connectivity index (χ1n) is 6.27. The Kier molecular flexibility index (Phi) is 3.64. The van der Waals surface area contributed by atoms with Crippen LogP contribution in [0.1, 0.15) is 12.2 Å². The van der Waals surface area contributed by atoms with Gasteiger partial charge in [0.2, 0.25) is 0 Å². The van der Waals surface area contributed by atoms with Gasteiger partial charge < -0.3 is 0 Å². The third-order valence-electron chi connectivity index (χ3n) is 3.51. The minimum Gasteiger partial charge on any atom is -0.295 e. The van der Waals surface area contributed by atoms with E-state index in [0.717, 1.165) is 23.4 Å². The second-order valence-electron chi connectivity index (χ2n) is 4.87. The van der Waals surface area contributed by atoms with Crippen molar-refractivity contribution >= 4 is 34.4 Å². The van der Waals surface area contributed by atoms with Gasteiger partial charge >= 0.3 is 0 Å². The summed E-state index contributed by atoms with van der Waals surface area (Å²) in [6.45, 7) is 0.728. The van der Waals surface area contributed by atoms with Gasteiger partial charge in [-0.05, 0) is 19.2 Å². The highest BCUT2D eigenvalue weighted by atomic mass is 35.5. The molecule has 102 valence electrons. The molecular weight excluding hydrogens is 282 g/mol. The van der Waals surface area contributed by atoms with Crippen molar-refractivity contribution in [2.45, 2.75) is 19.0 Å². The number of fused-ring (bicyclic) bond motifs is 1. The molecule has 0 amide bonds. The fourth-order valence-electron chi connectivity index (χ4n) is 2.32. The molecule has 1 unspecified atom stereocenters. The highest BCUT2D eigenvalue weighted by Gasteiger charge is 2.21. The minimum atomic E-state index is 0.488. The zero-order valence-electron chi connectivity index (χ0n) is 11.0. The van der Waals surface area contributed by atoms with E-state index in [1.165, 1.54) is 17.9 Å². The number of hydrogen-bond acceptors (Lipinski definition) is 5. The first-order chi connectivity index (χ1) is 9.15. The first-order valence-corrected chi connectivity index (χ1v) is 7.80. The summed E-state index contributed by atoms with van der Waals surface area (Å²) in [5.41, 5.74) is 0.796. The van der Waals surface area contributed by atoms with Crippen LogP contribution in [0.3, 0.4) is 0 Å². The van der Waals surface area contributed by atoms with E-state index in [1.54, 1.807) is 10.9 Å². The molecule has 1 saturated heterocycles. The van der Waals surface area contributed by atoms with Gasteiger partial charge in [-0.2, -0.15) is 16.9 Å². The molecule has 0 bridgehead atoms. The van der Waals surface area contributed by atoms with E-state index in [2.05, 4.69) is 27.0 Å². The van der Waals surface area contributed by atoms with Crippen LogP contribution in [0.15, 0.2) is 6.20 Å². The Morgan fingerprint density at radius 2 is 2.37 bits per heavy atom. The molecule has 1 atom stereocenters. The van der Waals surface area contributed by atoms with Crippen molar-refractivity contribution < 1.29 is 0 Å². The maximum atomic E-state index is 6.19. The van der Waals surface area contributed by atoms with Gasteiger partial charge in [0.25, 0.3) is 0 Å². The maximum Gasteiger partial charge on any atom is 0.162 e. The SMILES string of the molecule is CN(Cc1nc(Cl)c2cnn(C)c2n1)C1CCSC1. The van der Waals surface area contributed by atoms with Gasteiger partial charge in [-0.25, -0.2) is 9.97 Å². The molecule has 0 aromatic carbocycles. The van der Waals surface area contributed by atoms with Crippen LogP contribution in [-0.2, 0) is 13.6 Å². The van der Waals surface area contributed by atoms with Crippen LogP contribution < -0.4 is 0 Å². The van der Waals surface area contributed by atoms with E-state index in [9.17, 15) is 0 Å². The maximum absolute atomic E-state index is 6.19. The van der Waals surface area contributed by atoms with Gasteiger partial charge in [0.15, 0.2) is 5.65 Å². The second kappa shape index (κ2) is 5.26. The molecule has 1 fully saturated rings. The van der Waals surface area contributed by atoms with E-state index in [-0.39, 0.29) is 0 Å². The summed E-state index contributed by atoms with van der Waals surface area (Å²) in [6, 6.07) is 0.620. The van der Waals surface area contributed by atoms with Gasteiger partial charge in [-0.3, -0.25) is 9.58 Å². The van der Waals surface area contributed by atoms with Crippen molar-refractivity contribution in [3.05, 3.63) is 17.2 Å². The summed E-state index contributed by atoms with van der Waals surface area (Å²) in [5, 5.41) is 5.47. The highest BCUT2D eigenvalue weighted by Crippen LogP contribution is 2.23. The lowest BCUT2D eigenvalue weighted by Crippen LogP contribution is -2.31. The molecular formula is C12H16ClN5S. The van der Waals surface area contributed by atoms with Gasteiger partial charge in [-0.15, -0.1) is 0 Å². The molecule has 2 aromatic heterocycles. The molecule has 7 heteroatoms. The third-order valence-corrected chi connectivity index (χ3v) is 4.94. The molecule has 3 heterocycles. The average Bonchev–Trinajstić information content (AvgIpc) is 3.00. The molecule has 0 N–H and O–H groups in total. The number of thioether (sulfide) groups is 1. The molecule has 2 aromatic rings. The molecule has 0 radical (unpaired) electrons. The lowest BCUT2D eigenvalue weighted by molar-refractivity contribution is 0.248. The lowest BCUT2D eigenvalue weighted by atomic mass is 10.2. The Morgan fingerprint density at radius 3 is 3.11 bits per heavy atom. The number of rotatable bonds is 3. The van der Waals surface area contributed by atoms with Crippen LogP contribution in [0.2, 0.25) is 5.15 Å². The van der Waals surface area contributed by atoms with Crippen LogP contribution >= 0.6 is 23.4 Å². The number of halogens is 1. The largest absolute Gasteiger partial charge is 0.295 e. The standard InChI is InChI=1S/C12H16ClN5S/c1-17(8-3-4-19-7-8)6-10-15-11(13)9-5-14-18(2)12(9)16-10/h5,8H,3-4,6-7H2,1-2H3. The predicted molar refractivity (Wildman–Crippen MR) is 78.5 cm³/mol. The molecule has 5 nitrogen and oxygen atoms in total. The van der Waals surface area contributed by atoms with Crippen molar-refractivity contribution in [3.63, 3.8) is 0 Å². The number of aryl methyl sites for hydroxylation is 1.